The summed E-state index contributed by atoms with van der Waals surface area (Å²) in [5.74, 6) is 0.102. The fourth-order valence-electron chi connectivity index (χ4n) is 2.23. The molecule has 0 aromatic heterocycles. The number of halogens is 1. The van der Waals surface area contributed by atoms with Gasteiger partial charge in [-0.25, -0.2) is 22.3 Å². The molecule has 26 heavy (non-hydrogen) atoms. The first kappa shape index (κ1) is 20.4. The number of ether oxygens (including phenoxy) is 1. The second-order valence-corrected chi connectivity index (χ2v) is 8.38. The summed E-state index contributed by atoms with van der Waals surface area (Å²) in [5, 5.41) is 0. The van der Waals surface area contributed by atoms with Crippen LogP contribution in [0.4, 0.5) is 4.39 Å². The molecule has 0 heterocycles. The smallest absolute Gasteiger partial charge is 0.338 e. The zero-order valence-corrected chi connectivity index (χ0v) is 16.1. The summed E-state index contributed by atoms with van der Waals surface area (Å²) in [6.07, 6.45) is 0. The molecule has 2 aromatic rings. The summed E-state index contributed by atoms with van der Waals surface area (Å²) >= 11 is 1.43. The third-order valence-electron chi connectivity index (χ3n) is 3.68. The number of hydrogen-bond acceptors (Lipinski definition) is 5. The van der Waals surface area contributed by atoms with Crippen molar-refractivity contribution in [3.8, 4) is 0 Å². The van der Waals surface area contributed by atoms with Crippen LogP contribution in [-0.4, -0.2) is 33.8 Å². The number of aryl methyl sites for hydroxylation is 1. The van der Waals surface area contributed by atoms with Crippen molar-refractivity contribution in [3.05, 3.63) is 65.0 Å². The molecule has 0 fully saturated rings. The first-order valence-electron chi connectivity index (χ1n) is 7.85. The Kier molecular flexibility index (Phi) is 7.19. The normalized spacial score (nSPS) is 11.3. The van der Waals surface area contributed by atoms with Crippen LogP contribution in [0, 0.1) is 12.7 Å². The van der Waals surface area contributed by atoms with E-state index >= 15 is 0 Å². The van der Waals surface area contributed by atoms with Gasteiger partial charge in [0, 0.05) is 18.1 Å². The monoisotopic (exact) mass is 397 g/mol. The second kappa shape index (κ2) is 9.16. The van der Waals surface area contributed by atoms with Crippen LogP contribution in [0.1, 0.15) is 21.5 Å². The van der Waals surface area contributed by atoms with E-state index in [2.05, 4.69) is 9.46 Å². The molecule has 0 radical (unpaired) electrons. The van der Waals surface area contributed by atoms with Crippen molar-refractivity contribution < 1.29 is 22.3 Å². The number of esters is 1. The maximum absolute atomic E-state index is 13.5. The number of sulfonamides is 1. The number of rotatable bonds is 8. The average Bonchev–Trinajstić information content (AvgIpc) is 2.62. The lowest BCUT2D eigenvalue weighted by Gasteiger charge is -2.10. The van der Waals surface area contributed by atoms with Gasteiger partial charge in [0.15, 0.2) is 0 Å². The van der Waals surface area contributed by atoms with Crippen molar-refractivity contribution in [2.24, 2.45) is 0 Å². The van der Waals surface area contributed by atoms with Crippen molar-refractivity contribution in [2.45, 2.75) is 17.6 Å². The van der Waals surface area contributed by atoms with Gasteiger partial charge in [-0.1, -0.05) is 24.3 Å². The van der Waals surface area contributed by atoms with E-state index in [4.69, 9.17) is 0 Å². The number of thioether (sulfide) groups is 1. The largest absolute Gasteiger partial charge is 0.465 e. The van der Waals surface area contributed by atoms with Gasteiger partial charge >= 0.3 is 5.97 Å². The average molecular weight is 397 g/mol. The van der Waals surface area contributed by atoms with E-state index in [-0.39, 0.29) is 22.8 Å². The van der Waals surface area contributed by atoms with E-state index in [1.165, 1.54) is 37.1 Å². The highest BCUT2D eigenvalue weighted by Gasteiger charge is 2.18. The minimum atomic E-state index is -3.74. The Morgan fingerprint density at radius 1 is 1.23 bits per heavy atom. The van der Waals surface area contributed by atoms with Gasteiger partial charge in [0.05, 0.1) is 17.6 Å². The summed E-state index contributed by atoms with van der Waals surface area (Å²) < 4.78 is 45.4. The summed E-state index contributed by atoms with van der Waals surface area (Å²) in [5.41, 5.74) is 1.43. The molecule has 8 heteroatoms. The Morgan fingerprint density at radius 2 is 1.96 bits per heavy atom. The fraction of sp³-hybridized carbons (Fsp3) is 0.278. The van der Waals surface area contributed by atoms with E-state index in [1.54, 1.807) is 31.2 Å². The van der Waals surface area contributed by atoms with Crippen molar-refractivity contribution in [2.75, 3.05) is 19.4 Å². The lowest BCUT2D eigenvalue weighted by molar-refractivity contribution is 0.0599. The molecule has 2 aromatic carbocycles. The minimum absolute atomic E-state index is 0.00241. The van der Waals surface area contributed by atoms with Gasteiger partial charge in [-0.2, -0.15) is 11.8 Å². The lowest BCUT2D eigenvalue weighted by atomic mass is 10.1. The predicted octanol–water partition coefficient (Wildman–Crippen LogP) is 3.13. The van der Waals surface area contributed by atoms with Crippen LogP contribution in [0.3, 0.4) is 0 Å². The minimum Gasteiger partial charge on any atom is -0.465 e. The summed E-state index contributed by atoms with van der Waals surface area (Å²) in [4.78, 5) is 11.7. The van der Waals surface area contributed by atoms with Crippen LogP contribution >= 0.6 is 11.8 Å². The van der Waals surface area contributed by atoms with E-state index in [0.29, 0.717) is 22.6 Å². The van der Waals surface area contributed by atoms with Gasteiger partial charge in [-0.05, 0) is 36.2 Å². The van der Waals surface area contributed by atoms with Gasteiger partial charge in [0.2, 0.25) is 10.0 Å². The zero-order chi connectivity index (χ0) is 19.2. The molecule has 2 rings (SSSR count). The Labute approximate surface area is 157 Å². The highest BCUT2D eigenvalue weighted by atomic mass is 32.2. The van der Waals surface area contributed by atoms with Crippen molar-refractivity contribution in [1.82, 2.24) is 4.72 Å². The number of nitrogens with one attached hydrogen (secondary N) is 1. The van der Waals surface area contributed by atoms with Gasteiger partial charge in [0.1, 0.15) is 5.82 Å². The lowest BCUT2D eigenvalue weighted by Crippen LogP contribution is -2.26. The Balaban J connectivity index is 1.93. The van der Waals surface area contributed by atoms with E-state index in [1.807, 2.05) is 0 Å². The molecule has 0 atom stereocenters. The quantitative estimate of drug-likeness (QED) is 0.547. The number of carbonyl (C=O) groups is 1. The SMILES string of the molecule is COC(=O)c1cc(S(=O)(=O)NCCSCc2ccccc2F)ccc1C. The van der Waals surface area contributed by atoms with Gasteiger partial charge < -0.3 is 4.74 Å². The topological polar surface area (TPSA) is 72.5 Å². The first-order chi connectivity index (χ1) is 12.3. The number of methoxy groups -OCH3 is 1. The molecule has 0 saturated carbocycles. The summed E-state index contributed by atoms with van der Waals surface area (Å²) in [7, 11) is -2.50. The standard InChI is InChI=1S/C18H20FNO4S2/c1-13-7-8-15(11-16(13)18(21)24-2)26(22,23)20-9-10-25-12-14-5-3-4-6-17(14)19/h3-8,11,20H,9-10,12H2,1-2H3. The van der Waals surface area contributed by atoms with E-state index < -0.39 is 16.0 Å². The van der Waals surface area contributed by atoms with Crippen molar-refractivity contribution in [1.29, 1.82) is 0 Å². The predicted molar refractivity (Wildman–Crippen MR) is 100 cm³/mol. The second-order valence-electron chi connectivity index (χ2n) is 5.51. The van der Waals surface area contributed by atoms with Gasteiger partial charge in [-0.15, -0.1) is 0 Å². The van der Waals surface area contributed by atoms with Gasteiger partial charge in [0.25, 0.3) is 0 Å². The molecular formula is C18H20FNO4S2. The van der Waals surface area contributed by atoms with Crippen LogP contribution < -0.4 is 4.72 Å². The molecule has 0 bridgehead atoms. The molecule has 0 aliphatic rings. The Hall–Kier alpha value is -1.90. The third kappa shape index (κ3) is 5.30. The molecule has 0 aliphatic carbocycles. The molecule has 0 unspecified atom stereocenters. The third-order valence-corrected chi connectivity index (χ3v) is 6.15. The number of carbonyl (C=O) groups excluding carboxylic acids is 1. The summed E-state index contributed by atoms with van der Waals surface area (Å²) in [6, 6.07) is 10.8. The maximum Gasteiger partial charge on any atom is 0.338 e. The molecular weight excluding hydrogens is 377 g/mol. The maximum atomic E-state index is 13.5. The molecule has 1 N–H and O–H groups in total. The van der Waals surface area contributed by atoms with Crippen LogP contribution in [0.25, 0.3) is 0 Å². The molecule has 0 spiro atoms. The molecule has 0 amide bonds. The van der Waals surface area contributed by atoms with Crippen LogP contribution in [-0.2, 0) is 20.5 Å². The van der Waals surface area contributed by atoms with E-state index in [9.17, 15) is 17.6 Å². The highest BCUT2D eigenvalue weighted by Crippen LogP contribution is 2.17. The molecule has 0 aliphatic heterocycles. The van der Waals surface area contributed by atoms with Crippen molar-refractivity contribution in [3.63, 3.8) is 0 Å². The van der Waals surface area contributed by atoms with Crippen molar-refractivity contribution >= 4 is 27.8 Å². The zero-order valence-electron chi connectivity index (χ0n) is 14.5. The van der Waals surface area contributed by atoms with Crippen LogP contribution in [0.5, 0.6) is 0 Å². The summed E-state index contributed by atoms with van der Waals surface area (Å²) in [6.45, 7) is 1.90. The Bertz CT molecular complexity index is 885. The first-order valence-corrected chi connectivity index (χ1v) is 10.5. The number of hydrogen-bond donors (Lipinski definition) is 1. The Morgan fingerprint density at radius 3 is 2.65 bits per heavy atom. The van der Waals surface area contributed by atoms with Crippen LogP contribution in [0.2, 0.25) is 0 Å². The molecule has 5 nitrogen and oxygen atoms in total. The van der Waals surface area contributed by atoms with Crippen LogP contribution in [0.15, 0.2) is 47.4 Å². The van der Waals surface area contributed by atoms with Gasteiger partial charge in [-0.3, -0.25) is 0 Å². The molecule has 140 valence electrons. The van der Waals surface area contributed by atoms with E-state index in [0.717, 1.165) is 0 Å². The fourth-order valence-corrected chi connectivity index (χ4v) is 4.26. The molecule has 0 saturated heterocycles. The highest BCUT2D eigenvalue weighted by molar-refractivity contribution is 7.98. The number of benzene rings is 2.